The highest BCUT2D eigenvalue weighted by atomic mass is 35.5. The quantitative estimate of drug-likeness (QED) is 0.552. The van der Waals surface area contributed by atoms with Crippen LogP contribution in [-0.2, 0) is 0 Å². The number of amides is 1. The van der Waals surface area contributed by atoms with Gasteiger partial charge in [0.2, 0.25) is 0 Å². The maximum absolute atomic E-state index is 11.9. The first kappa shape index (κ1) is 20.1. The molecule has 146 valence electrons. The van der Waals surface area contributed by atoms with Crippen LogP contribution in [0.15, 0.2) is 65.3 Å². The smallest absolute Gasteiger partial charge is 0.291 e. The standard InChI is InChI=1S/C20H17Cl2NO5/c21-16-3-1-4-17(22)19(16)28-12-14(24)11-27-15-8-6-13(7-9-15)23-20(25)18-5-2-10-26-18/h1-10,14,24H,11-12H2,(H,23,25). The molecule has 0 aliphatic rings. The summed E-state index contributed by atoms with van der Waals surface area (Å²) in [5.41, 5.74) is 0.589. The summed E-state index contributed by atoms with van der Waals surface area (Å²) in [6.45, 7) is -0.0130. The van der Waals surface area contributed by atoms with Crippen LogP contribution in [0, 0.1) is 0 Å². The second-order valence-corrected chi connectivity index (χ2v) is 6.60. The van der Waals surface area contributed by atoms with E-state index in [-0.39, 0.29) is 24.9 Å². The zero-order chi connectivity index (χ0) is 19.9. The molecule has 1 atom stereocenters. The second kappa shape index (κ2) is 9.50. The molecule has 6 nitrogen and oxygen atoms in total. The SMILES string of the molecule is O=C(Nc1ccc(OCC(O)COc2c(Cl)cccc2Cl)cc1)c1ccco1. The first-order valence-corrected chi connectivity index (χ1v) is 9.11. The summed E-state index contributed by atoms with van der Waals surface area (Å²) in [5, 5.41) is 13.5. The number of hydrogen-bond donors (Lipinski definition) is 2. The monoisotopic (exact) mass is 421 g/mol. The van der Waals surface area contributed by atoms with Crippen LogP contribution in [0.1, 0.15) is 10.6 Å². The summed E-state index contributed by atoms with van der Waals surface area (Å²) in [4.78, 5) is 11.9. The predicted octanol–water partition coefficient (Wildman–Crippen LogP) is 4.66. The number of halogens is 2. The molecule has 0 saturated carbocycles. The Bertz CT molecular complexity index is 893. The number of furan rings is 1. The number of rotatable bonds is 8. The van der Waals surface area contributed by atoms with E-state index in [0.717, 1.165) is 0 Å². The van der Waals surface area contributed by atoms with Gasteiger partial charge < -0.3 is 24.3 Å². The minimum atomic E-state index is -0.884. The highest BCUT2D eigenvalue weighted by Crippen LogP contribution is 2.32. The number of para-hydroxylation sites is 1. The van der Waals surface area contributed by atoms with E-state index in [4.69, 9.17) is 37.1 Å². The number of ether oxygens (including phenoxy) is 2. The van der Waals surface area contributed by atoms with Crippen molar-refractivity contribution in [2.24, 2.45) is 0 Å². The van der Waals surface area contributed by atoms with Crippen LogP contribution < -0.4 is 14.8 Å². The topological polar surface area (TPSA) is 80.9 Å². The van der Waals surface area contributed by atoms with Gasteiger partial charge in [-0.15, -0.1) is 0 Å². The lowest BCUT2D eigenvalue weighted by Crippen LogP contribution is -2.25. The van der Waals surface area contributed by atoms with Gasteiger partial charge in [-0.05, 0) is 48.5 Å². The first-order chi connectivity index (χ1) is 13.5. The van der Waals surface area contributed by atoms with Crippen molar-refractivity contribution in [3.05, 3.63) is 76.7 Å². The molecule has 1 amide bonds. The zero-order valence-electron chi connectivity index (χ0n) is 14.6. The van der Waals surface area contributed by atoms with Crippen LogP contribution in [0.4, 0.5) is 5.69 Å². The molecule has 2 aromatic carbocycles. The van der Waals surface area contributed by atoms with E-state index >= 15 is 0 Å². The number of aliphatic hydroxyl groups is 1. The van der Waals surface area contributed by atoms with E-state index in [0.29, 0.717) is 27.2 Å². The molecule has 8 heteroatoms. The minimum absolute atomic E-state index is 0.0141. The molecule has 0 aliphatic carbocycles. The summed E-state index contributed by atoms with van der Waals surface area (Å²) in [5.74, 6) is 0.735. The van der Waals surface area contributed by atoms with E-state index < -0.39 is 6.10 Å². The van der Waals surface area contributed by atoms with Gasteiger partial charge in [0.1, 0.15) is 25.1 Å². The number of hydrogen-bond acceptors (Lipinski definition) is 5. The van der Waals surface area contributed by atoms with Crippen molar-refractivity contribution in [1.29, 1.82) is 0 Å². The number of aliphatic hydroxyl groups excluding tert-OH is 1. The average molecular weight is 422 g/mol. The molecule has 28 heavy (non-hydrogen) atoms. The fourth-order valence-corrected chi connectivity index (χ4v) is 2.78. The van der Waals surface area contributed by atoms with Gasteiger partial charge >= 0.3 is 0 Å². The van der Waals surface area contributed by atoms with E-state index in [2.05, 4.69) is 5.32 Å². The Kier molecular flexibility index (Phi) is 6.81. The molecular formula is C20H17Cl2NO5. The molecule has 0 bridgehead atoms. The van der Waals surface area contributed by atoms with Crippen LogP contribution in [-0.4, -0.2) is 30.3 Å². The van der Waals surface area contributed by atoms with Gasteiger partial charge in [0.25, 0.3) is 5.91 Å². The van der Waals surface area contributed by atoms with Crippen molar-refractivity contribution in [2.75, 3.05) is 18.5 Å². The highest BCUT2D eigenvalue weighted by molar-refractivity contribution is 6.37. The summed E-state index contributed by atoms with van der Waals surface area (Å²) < 4.78 is 16.0. The fourth-order valence-electron chi connectivity index (χ4n) is 2.28. The molecule has 0 aliphatic heterocycles. The van der Waals surface area contributed by atoms with Crippen LogP contribution in [0.5, 0.6) is 11.5 Å². The lowest BCUT2D eigenvalue weighted by atomic mass is 10.3. The van der Waals surface area contributed by atoms with Crippen LogP contribution >= 0.6 is 23.2 Å². The summed E-state index contributed by atoms with van der Waals surface area (Å²) in [6, 6.07) is 14.9. The van der Waals surface area contributed by atoms with Crippen molar-refractivity contribution >= 4 is 34.8 Å². The molecule has 1 aromatic heterocycles. The van der Waals surface area contributed by atoms with Gasteiger partial charge in [0.15, 0.2) is 11.5 Å². The molecule has 1 heterocycles. The van der Waals surface area contributed by atoms with Crippen molar-refractivity contribution in [1.82, 2.24) is 0 Å². The van der Waals surface area contributed by atoms with Crippen molar-refractivity contribution in [2.45, 2.75) is 6.10 Å². The molecule has 2 N–H and O–H groups in total. The molecular weight excluding hydrogens is 405 g/mol. The van der Waals surface area contributed by atoms with Crippen molar-refractivity contribution in [3.63, 3.8) is 0 Å². The van der Waals surface area contributed by atoms with Gasteiger partial charge in [0.05, 0.1) is 16.3 Å². The van der Waals surface area contributed by atoms with E-state index in [1.807, 2.05) is 0 Å². The van der Waals surface area contributed by atoms with Gasteiger partial charge in [-0.2, -0.15) is 0 Å². The summed E-state index contributed by atoms with van der Waals surface area (Å²) in [7, 11) is 0. The van der Waals surface area contributed by atoms with E-state index in [9.17, 15) is 9.90 Å². The molecule has 0 fully saturated rings. The highest BCUT2D eigenvalue weighted by Gasteiger charge is 2.12. The third-order valence-corrected chi connectivity index (χ3v) is 4.23. The zero-order valence-corrected chi connectivity index (χ0v) is 16.1. The maximum atomic E-state index is 11.9. The Balaban J connectivity index is 1.46. The predicted molar refractivity (Wildman–Crippen MR) is 107 cm³/mol. The molecule has 0 radical (unpaired) electrons. The Morgan fingerprint density at radius 1 is 1.00 bits per heavy atom. The maximum Gasteiger partial charge on any atom is 0.291 e. The van der Waals surface area contributed by atoms with Crippen LogP contribution in [0.3, 0.4) is 0 Å². The number of carbonyl (C=O) groups is 1. The second-order valence-electron chi connectivity index (χ2n) is 5.78. The van der Waals surface area contributed by atoms with Gasteiger partial charge in [-0.3, -0.25) is 4.79 Å². The Labute approximate surface area is 171 Å². The largest absolute Gasteiger partial charge is 0.491 e. The van der Waals surface area contributed by atoms with E-state index in [1.165, 1.54) is 6.26 Å². The first-order valence-electron chi connectivity index (χ1n) is 8.35. The Hall–Kier alpha value is -2.67. The third-order valence-electron chi connectivity index (χ3n) is 3.64. The lowest BCUT2D eigenvalue weighted by molar-refractivity contribution is 0.0627. The van der Waals surface area contributed by atoms with Crippen molar-refractivity contribution in [3.8, 4) is 11.5 Å². The fraction of sp³-hybridized carbons (Fsp3) is 0.150. The summed E-state index contributed by atoms with van der Waals surface area (Å²) >= 11 is 12.0. The van der Waals surface area contributed by atoms with Gasteiger partial charge in [0, 0.05) is 5.69 Å². The van der Waals surface area contributed by atoms with Crippen LogP contribution in [0.25, 0.3) is 0 Å². The summed E-state index contributed by atoms with van der Waals surface area (Å²) in [6.07, 6.45) is 0.547. The number of benzene rings is 2. The molecule has 0 saturated heterocycles. The van der Waals surface area contributed by atoms with Crippen LogP contribution in [0.2, 0.25) is 10.0 Å². The molecule has 1 unspecified atom stereocenters. The number of carbonyl (C=O) groups excluding carboxylic acids is 1. The Morgan fingerprint density at radius 3 is 2.32 bits per heavy atom. The molecule has 0 spiro atoms. The molecule has 3 aromatic rings. The Morgan fingerprint density at radius 2 is 1.68 bits per heavy atom. The minimum Gasteiger partial charge on any atom is -0.491 e. The van der Waals surface area contributed by atoms with E-state index in [1.54, 1.807) is 54.6 Å². The third kappa shape index (κ3) is 5.42. The lowest BCUT2D eigenvalue weighted by Gasteiger charge is -2.15. The number of anilines is 1. The van der Waals surface area contributed by atoms with Crippen molar-refractivity contribution < 1.29 is 23.8 Å². The number of nitrogens with one attached hydrogen (secondary N) is 1. The van der Waals surface area contributed by atoms with Gasteiger partial charge in [-0.25, -0.2) is 0 Å². The van der Waals surface area contributed by atoms with Gasteiger partial charge in [-0.1, -0.05) is 29.3 Å². The normalized spacial score (nSPS) is 11.7. The molecule has 3 rings (SSSR count). The average Bonchev–Trinajstić information content (AvgIpc) is 3.22.